The van der Waals surface area contributed by atoms with Crippen molar-refractivity contribution in [2.75, 3.05) is 0 Å². The fourth-order valence-corrected chi connectivity index (χ4v) is 2.60. The number of hydrogen-bond acceptors (Lipinski definition) is 3. The van der Waals surface area contributed by atoms with Crippen LogP contribution in [0.2, 0.25) is 0 Å². The zero-order valence-corrected chi connectivity index (χ0v) is 11.5. The van der Waals surface area contributed by atoms with Crippen molar-refractivity contribution >= 4 is 11.8 Å². The highest BCUT2D eigenvalue weighted by Crippen LogP contribution is 2.32. The molecule has 4 nitrogen and oxygen atoms in total. The van der Waals surface area contributed by atoms with Gasteiger partial charge in [-0.15, -0.1) is 0 Å². The summed E-state index contributed by atoms with van der Waals surface area (Å²) in [5, 5.41) is 18.6. The molecular weight excluding hydrogens is 244 g/mol. The van der Waals surface area contributed by atoms with E-state index in [0.29, 0.717) is 19.3 Å². The number of aliphatic hydroxyl groups excluding tert-OH is 1. The first-order valence-corrected chi connectivity index (χ1v) is 7.15. The van der Waals surface area contributed by atoms with Gasteiger partial charge in [0.15, 0.2) is 0 Å². The molecule has 1 rings (SSSR count). The summed E-state index contributed by atoms with van der Waals surface area (Å²) in [5.74, 6) is -1.19. The van der Waals surface area contributed by atoms with Crippen molar-refractivity contribution in [2.24, 2.45) is 11.8 Å². The van der Waals surface area contributed by atoms with Gasteiger partial charge in [-0.3, -0.25) is 9.59 Å². The number of carbonyl (C=O) groups is 2. The van der Waals surface area contributed by atoms with E-state index in [-0.39, 0.29) is 24.0 Å². The van der Waals surface area contributed by atoms with Gasteiger partial charge in [-0.25, -0.2) is 0 Å². The molecule has 0 bridgehead atoms. The van der Waals surface area contributed by atoms with Crippen molar-refractivity contribution in [1.82, 2.24) is 0 Å². The van der Waals surface area contributed by atoms with Crippen LogP contribution in [0.1, 0.15) is 51.9 Å². The standard InChI is InChI=1S/C15H24O4/c1-2-3-4-5-12(16)7-8-13-11(10-15(18)19)6-9-14(13)17/h7-8,11-13,16H,2-6,9-10H2,1H3,(H,18,19)/t11-,12+,13-/m1/s1. The Morgan fingerprint density at radius 1 is 1.47 bits per heavy atom. The van der Waals surface area contributed by atoms with Gasteiger partial charge in [0.1, 0.15) is 5.78 Å². The molecule has 0 aromatic heterocycles. The predicted molar refractivity (Wildman–Crippen MR) is 72.8 cm³/mol. The van der Waals surface area contributed by atoms with Crippen molar-refractivity contribution in [3.05, 3.63) is 12.2 Å². The van der Waals surface area contributed by atoms with E-state index >= 15 is 0 Å². The number of carboxylic acid groups (broad SMARTS) is 1. The molecule has 1 aliphatic rings. The van der Waals surface area contributed by atoms with Crippen LogP contribution in [0.4, 0.5) is 0 Å². The van der Waals surface area contributed by atoms with Gasteiger partial charge < -0.3 is 10.2 Å². The minimum Gasteiger partial charge on any atom is -0.481 e. The molecule has 0 aromatic rings. The number of hydrogen-bond donors (Lipinski definition) is 2. The minimum absolute atomic E-state index is 0.0344. The molecule has 0 aromatic carbocycles. The fraction of sp³-hybridized carbons (Fsp3) is 0.733. The summed E-state index contributed by atoms with van der Waals surface area (Å²) >= 11 is 0. The summed E-state index contributed by atoms with van der Waals surface area (Å²) in [7, 11) is 0. The van der Waals surface area contributed by atoms with Gasteiger partial charge in [0.25, 0.3) is 0 Å². The summed E-state index contributed by atoms with van der Waals surface area (Å²) < 4.78 is 0. The molecule has 0 saturated heterocycles. The van der Waals surface area contributed by atoms with E-state index in [0.717, 1.165) is 19.3 Å². The molecule has 0 spiro atoms. The van der Waals surface area contributed by atoms with E-state index in [1.54, 1.807) is 12.2 Å². The van der Waals surface area contributed by atoms with Gasteiger partial charge in [-0.05, 0) is 18.8 Å². The topological polar surface area (TPSA) is 74.6 Å². The van der Waals surface area contributed by atoms with E-state index in [4.69, 9.17) is 5.11 Å². The van der Waals surface area contributed by atoms with Gasteiger partial charge in [0.05, 0.1) is 6.10 Å². The lowest BCUT2D eigenvalue weighted by Crippen LogP contribution is -2.16. The molecule has 0 heterocycles. The summed E-state index contributed by atoms with van der Waals surface area (Å²) in [6.07, 6.45) is 7.88. The minimum atomic E-state index is -0.860. The number of carboxylic acids is 1. The third-order valence-electron chi connectivity index (χ3n) is 3.72. The Labute approximate surface area is 114 Å². The summed E-state index contributed by atoms with van der Waals surface area (Å²) in [4.78, 5) is 22.4. The Hall–Kier alpha value is -1.16. The third kappa shape index (κ3) is 5.55. The third-order valence-corrected chi connectivity index (χ3v) is 3.72. The van der Waals surface area contributed by atoms with Crippen LogP contribution >= 0.6 is 0 Å². The van der Waals surface area contributed by atoms with Gasteiger partial charge in [0.2, 0.25) is 0 Å². The van der Waals surface area contributed by atoms with Gasteiger partial charge >= 0.3 is 5.97 Å². The smallest absolute Gasteiger partial charge is 0.303 e. The first kappa shape index (κ1) is 15.9. The van der Waals surface area contributed by atoms with Crippen molar-refractivity contribution in [3.8, 4) is 0 Å². The normalized spacial score (nSPS) is 25.1. The predicted octanol–water partition coefficient (Wildman–Crippen LogP) is 2.55. The summed E-state index contributed by atoms with van der Waals surface area (Å²) in [6, 6.07) is 0. The van der Waals surface area contributed by atoms with Gasteiger partial charge in [-0.1, -0.05) is 38.3 Å². The molecular formula is C15H24O4. The Bertz CT molecular complexity index is 335. The lowest BCUT2D eigenvalue weighted by atomic mass is 9.91. The number of Topliss-reactive ketones (excluding diaryl/α,β-unsaturated/α-hetero) is 1. The monoisotopic (exact) mass is 268 g/mol. The molecule has 2 N–H and O–H groups in total. The second-order valence-electron chi connectivity index (χ2n) is 5.34. The maximum absolute atomic E-state index is 11.7. The van der Waals surface area contributed by atoms with Crippen LogP contribution < -0.4 is 0 Å². The lowest BCUT2D eigenvalue weighted by molar-refractivity contribution is -0.138. The number of allylic oxidation sites excluding steroid dienone is 1. The second-order valence-corrected chi connectivity index (χ2v) is 5.34. The van der Waals surface area contributed by atoms with E-state index in [1.165, 1.54) is 0 Å². The lowest BCUT2D eigenvalue weighted by Gasteiger charge is -2.13. The highest BCUT2D eigenvalue weighted by atomic mass is 16.4. The number of aliphatic hydroxyl groups is 1. The Kier molecular flexibility index (Phi) is 6.78. The molecule has 4 heteroatoms. The average molecular weight is 268 g/mol. The molecule has 19 heavy (non-hydrogen) atoms. The molecule has 1 aliphatic carbocycles. The number of aliphatic carboxylic acids is 1. The SMILES string of the molecule is CCCCC[C@H](O)C=C[C@H]1C(=O)CC[C@@H]1CC(=O)O. The zero-order chi connectivity index (χ0) is 14.3. The average Bonchev–Trinajstić information content (AvgIpc) is 2.67. The molecule has 1 saturated carbocycles. The zero-order valence-electron chi connectivity index (χ0n) is 11.5. The highest BCUT2D eigenvalue weighted by Gasteiger charge is 2.33. The summed E-state index contributed by atoms with van der Waals surface area (Å²) in [5.41, 5.74) is 0. The molecule has 3 atom stereocenters. The molecule has 1 fully saturated rings. The highest BCUT2D eigenvalue weighted by molar-refractivity contribution is 5.86. The quantitative estimate of drug-likeness (QED) is 0.524. The van der Waals surface area contributed by atoms with E-state index in [9.17, 15) is 14.7 Å². The maximum Gasteiger partial charge on any atom is 0.303 e. The van der Waals surface area contributed by atoms with Crippen molar-refractivity contribution in [3.63, 3.8) is 0 Å². The molecule has 0 aliphatic heterocycles. The molecule has 0 radical (unpaired) electrons. The first-order chi connectivity index (χ1) is 9.04. The van der Waals surface area contributed by atoms with Crippen LogP contribution in [0, 0.1) is 11.8 Å². The second kappa shape index (κ2) is 8.10. The van der Waals surface area contributed by atoms with Crippen molar-refractivity contribution in [1.29, 1.82) is 0 Å². The first-order valence-electron chi connectivity index (χ1n) is 7.15. The maximum atomic E-state index is 11.7. The Morgan fingerprint density at radius 2 is 2.21 bits per heavy atom. The fourth-order valence-electron chi connectivity index (χ4n) is 2.60. The summed E-state index contributed by atoms with van der Waals surface area (Å²) in [6.45, 7) is 2.11. The van der Waals surface area contributed by atoms with Gasteiger partial charge in [-0.2, -0.15) is 0 Å². The Balaban J connectivity index is 2.47. The van der Waals surface area contributed by atoms with Crippen LogP contribution in [-0.4, -0.2) is 28.1 Å². The Morgan fingerprint density at radius 3 is 2.84 bits per heavy atom. The molecule has 108 valence electrons. The number of carbonyl (C=O) groups excluding carboxylic acids is 1. The number of rotatable bonds is 8. The van der Waals surface area contributed by atoms with E-state index < -0.39 is 12.1 Å². The number of ketones is 1. The van der Waals surface area contributed by atoms with Gasteiger partial charge in [0, 0.05) is 18.8 Å². The number of unbranched alkanes of at least 4 members (excludes halogenated alkanes) is 2. The largest absolute Gasteiger partial charge is 0.481 e. The van der Waals surface area contributed by atoms with E-state index in [2.05, 4.69) is 6.92 Å². The van der Waals surface area contributed by atoms with Crippen molar-refractivity contribution in [2.45, 2.75) is 58.0 Å². The molecule has 0 unspecified atom stereocenters. The molecule has 0 amide bonds. The van der Waals surface area contributed by atoms with Crippen LogP contribution in [0.3, 0.4) is 0 Å². The van der Waals surface area contributed by atoms with Crippen LogP contribution in [0.15, 0.2) is 12.2 Å². The van der Waals surface area contributed by atoms with E-state index in [1.807, 2.05) is 0 Å². The van der Waals surface area contributed by atoms with Crippen LogP contribution in [0.5, 0.6) is 0 Å². The van der Waals surface area contributed by atoms with Crippen LogP contribution in [-0.2, 0) is 9.59 Å². The van der Waals surface area contributed by atoms with Crippen LogP contribution in [0.25, 0.3) is 0 Å². The van der Waals surface area contributed by atoms with Crippen molar-refractivity contribution < 1.29 is 19.8 Å².